The van der Waals surface area contributed by atoms with E-state index in [0.717, 1.165) is 0 Å². The van der Waals surface area contributed by atoms with Crippen LogP contribution in [0.15, 0.2) is 12.3 Å². The zero-order chi connectivity index (χ0) is 23.8. The zero-order valence-electron chi connectivity index (χ0n) is 19.6. The first-order valence-corrected chi connectivity index (χ1v) is 11.0. The summed E-state index contributed by atoms with van der Waals surface area (Å²) in [5.74, 6) is -0.522. The van der Waals surface area contributed by atoms with Crippen molar-refractivity contribution >= 4 is 29.3 Å². The van der Waals surface area contributed by atoms with Gasteiger partial charge in [0.05, 0.1) is 24.4 Å². The average Bonchev–Trinajstić information content (AvgIpc) is 3.23. The summed E-state index contributed by atoms with van der Waals surface area (Å²) in [6.07, 6.45) is 0.981. The highest BCUT2D eigenvalue weighted by Crippen LogP contribution is 2.28. The molecule has 176 valence electrons. The van der Waals surface area contributed by atoms with E-state index in [4.69, 9.17) is 25.8 Å². The van der Waals surface area contributed by atoms with E-state index in [0.29, 0.717) is 30.9 Å². The summed E-state index contributed by atoms with van der Waals surface area (Å²) in [6.45, 7) is 13.6. The number of hydrogen-bond donors (Lipinski definition) is 0. The van der Waals surface area contributed by atoms with Crippen LogP contribution in [0, 0.1) is 0 Å². The first-order chi connectivity index (χ1) is 14.7. The predicted octanol–water partition coefficient (Wildman–Crippen LogP) is 4.43. The molecule has 1 saturated heterocycles. The monoisotopic (exact) mass is 466 g/mol. The van der Waals surface area contributed by atoms with Gasteiger partial charge < -0.3 is 19.1 Å². The molecule has 2 aromatic rings. The molecule has 2 atom stereocenters. The Hall–Kier alpha value is -2.39. The number of carbonyl (C=O) groups excluding carboxylic acids is 2. The van der Waals surface area contributed by atoms with Crippen molar-refractivity contribution in [1.82, 2.24) is 19.5 Å². The number of esters is 1. The van der Waals surface area contributed by atoms with Crippen molar-refractivity contribution in [2.24, 2.45) is 0 Å². The third-order valence-electron chi connectivity index (χ3n) is 4.69. The second-order valence-corrected chi connectivity index (χ2v) is 10.3. The summed E-state index contributed by atoms with van der Waals surface area (Å²) >= 11 is 6.09. The Morgan fingerprint density at radius 1 is 1.16 bits per heavy atom. The molecule has 1 fully saturated rings. The SMILES string of the molecule is C[C@H](OC1CCN(C(=O)OC(C)(C)C)C1)c1c(C(=O)OC(C)(C)C)cnc2cc(Cl)nn12. The largest absolute Gasteiger partial charge is 0.456 e. The Morgan fingerprint density at radius 2 is 1.81 bits per heavy atom. The van der Waals surface area contributed by atoms with E-state index in [2.05, 4.69) is 10.1 Å². The van der Waals surface area contributed by atoms with E-state index in [-0.39, 0.29) is 22.9 Å². The van der Waals surface area contributed by atoms with E-state index >= 15 is 0 Å². The van der Waals surface area contributed by atoms with Gasteiger partial charge in [0.1, 0.15) is 16.8 Å². The summed E-state index contributed by atoms with van der Waals surface area (Å²) in [5.41, 5.74) is 0.00505. The third-order valence-corrected chi connectivity index (χ3v) is 4.87. The zero-order valence-corrected chi connectivity index (χ0v) is 20.4. The number of carbonyl (C=O) groups is 2. The number of halogens is 1. The molecule has 32 heavy (non-hydrogen) atoms. The molecule has 0 bridgehead atoms. The molecule has 0 aliphatic carbocycles. The molecular formula is C22H31ClN4O5. The van der Waals surface area contributed by atoms with Crippen LogP contribution in [0.4, 0.5) is 4.79 Å². The first kappa shape index (κ1) is 24.3. The quantitative estimate of drug-likeness (QED) is 0.615. The maximum atomic E-state index is 12.9. The minimum atomic E-state index is -0.672. The summed E-state index contributed by atoms with van der Waals surface area (Å²) < 4.78 is 18.8. The number of rotatable bonds is 4. The van der Waals surface area contributed by atoms with E-state index in [9.17, 15) is 9.59 Å². The van der Waals surface area contributed by atoms with Crippen LogP contribution in [0.5, 0.6) is 0 Å². The van der Waals surface area contributed by atoms with Gasteiger partial charge >= 0.3 is 12.1 Å². The Balaban J connectivity index is 1.83. The lowest BCUT2D eigenvalue weighted by molar-refractivity contribution is -0.00923. The van der Waals surface area contributed by atoms with Crippen molar-refractivity contribution in [2.45, 2.75) is 78.3 Å². The Morgan fingerprint density at radius 3 is 2.44 bits per heavy atom. The van der Waals surface area contributed by atoms with Crippen molar-refractivity contribution < 1.29 is 23.8 Å². The summed E-state index contributed by atoms with van der Waals surface area (Å²) in [7, 11) is 0. The molecule has 0 N–H and O–H groups in total. The molecular weight excluding hydrogens is 436 g/mol. The standard InChI is InChI=1S/C22H31ClN4O5/c1-13(30-14-8-9-26(12-14)20(29)32-22(5,6)7)18-15(19(28)31-21(2,3)4)11-24-17-10-16(23)25-27(17)18/h10-11,13-14H,8-9,12H2,1-7H3/t13-,14?/m0/s1. The van der Waals surface area contributed by atoms with Crippen LogP contribution in [0.2, 0.25) is 5.15 Å². The van der Waals surface area contributed by atoms with E-state index in [1.807, 2.05) is 27.7 Å². The van der Waals surface area contributed by atoms with Crippen LogP contribution in [-0.2, 0) is 14.2 Å². The first-order valence-electron chi connectivity index (χ1n) is 10.6. The van der Waals surface area contributed by atoms with Gasteiger partial charge in [-0.15, -0.1) is 0 Å². The second-order valence-electron chi connectivity index (χ2n) is 9.91. The fourth-order valence-electron chi connectivity index (χ4n) is 3.49. The molecule has 1 unspecified atom stereocenters. The van der Waals surface area contributed by atoms with Gasteiger partial charge in [0.2, 0.25) is 0 Å². The molecule has 0 saturated carbocycles. The van der Waals surface area contributed by atoms with E-state index in [1.54, 1.807) is 31.7 Å². The summed E-state index contributed by atoms with van der Waals surface area (Å²) in [5, 5.41) is 4.53. The minimum Gasteiger partial charge on any atom is -0.456 e. The fraction of sp³-hybridized carbons (Fsp3) is 0.636. The van der Waals surface area contributed by atoms with E-state index < -0.39 is 23.3 Å². The average molecular weight is 467 g/mol. The van der Waals surface area contributed by atoms with Gasteiger partial charge in [-0.1, -0.05) is 11.6 Å². The fourth-order valence-corrected chi connectivity index (χ4v) is 3.66. The normalized spacial score (nSPS) is 18.1. The van der Waals surface area contributed by atoms with Gasteiger partial charge in [-0.25, -0.2) is 19.1 Å². The van der Waals surface area contributed by atoms with Gasteiger partial charge in [-0.2, -0.15) is 5.10 Å². The van der Waals surface area contributed by atoms with Gasteiger partial charge in [0, 0.05) is 18.8 Å². The summed E-state index contributed by atoms with van der Waals surface area (Å²) in [6, 6.07) is 1.61. The van der Waals surface area contributed by atoms with Crippen LogP contribution in [0.1, 0.15) is 77.0 Å². The summed E-state index contributed by atoms with van der Waals surface area (Å²) in [4.78, 5) is 31.2. The Kier molecular flexibility index (Phi) is 6.72. The van der Waals surface area contributed by atoms with E-state index in [1.165, 1.54) is 10.7 Å². The molecule has 1 aliphatic heterocycles. The molecule has 1 aliphatic rings. The van der Waals surface area contributed by atoms with Gasteiger partial charge in [0.25, 0.3) is 0 Å². The van der Waals surface area contributed by atoms with Gasteiger partial charge in [-0.05, 0) is 54.9 Å². The molecule has 0 spiro atoms. The molecule has 0 aromatic carbocycles. The second kappa shape index (κ2) is 8.86. The van der Waals surface area contributed by atoms with Gasteiger partial charge in [0.15, 0.2) is 10.8 Å². The predicted molar refractivity (Wildman–Crippen MR) is 119 cm³/mol. The number of amides is 1. The van der Waals surface area contributed by atoms with Crippen molar-refractivity contribution in [3.63, 3.8) is 0 Å². The Labute approximate surface area is 193 Å². The van der Waals surface area contributed by atoms with Crippen molar-refractivity contribution in [3.8, 4) is 0 Å². The van der Waals surface area contributed by atoms with Crippen LogP contribution in [0.25, 0.3) is 5.65 Å². The van der Waals surface area contributed by atoms with Crippen molar-refractivity contribution in [1.29, 1.82) is 0 Å². The molecule has 9 nitrogen and oxygen atoms in total. The highest BCUT2D eigenvalue weighted by atomic mass is 35.5. The highest BCUT2D eigenvalue weighted by molar-refractivity contribution is 6.29. The lowest BCUT2D eigenvalue weighted by Gasteiger charge is -2.25. The smallest absolute Gasteiger partial charge is 0.410 e. The number of likely N-dealkylation sites (tertiary alicyclic amines) is 1. The van der Waals surface area contributed by atoms with Crippen molar-refractivity contribution in [2.75, 3.05) is 13.1 Å². The maximum Gasteiger partial charge on any atom is 0.410 e. The van der Waals surface area contributed by atoms with Crippen molar-refractivity contribution in [3.05, 3.63) is 28.7 Å². The lowest BCUT2D eigenvalue weighted by Crippen LogP contribution is -2.36. The van der Waals surface area contributed by atoms with Crippen LogP contribution in [0.3, 0.4) is 0 Å². The molecule has 10 heteroatoms. The Bertz CT molecular complexity index is 1010. The number of ether oxygens (including phenoxy) is 3. The maximum absolute atomic E-state index is 12.9. The lowest BCUT2D eigenvalue weighted by atomic mass is 10.1. The molecule has 1 amide bonds. The van der Waals surface area contributed by atoms with Crippen LogP contribution in [-0.4, -0.2) is 62.0 Å². The number of nitrogens with zero attached hydrogens (tertiary/aromatic N) is 4. The minimum absolute atomic E-state index is 0.224. The third kappa shape index (κ3) is 5.89. The van der Waals surface area contributed by atoms with Crippen LogP contribution >= 0.6 is 11.6 Å². The molecule has 3 heterocycles. The number of aromatic nitrogens is 3. The topological polar surface area (TPSA) is 95.3 Å². The molecule has 2 aromatic heterocycles. The molecule has 0 radical (unpaired) electrons. The van der Waals surface area contributed by atoms with Crippen LogP contribution < -0.4 is 0 Å². The highest BCUT2D eigenvalue weighted by Gasteiger charge is 2.33. The van der Waals surface area contributed by atoms with Gasteiger partial charge in [-0.3, -0.25) is 0 Å². The number of hydrogen-bond acceptors (Lipinski definition) is 7. The molecule has 3 rings (SSSR count). The number of fused-ring (bicyclic) bond motifs is 1.